The molecule has 3 rings (SSSR count). The second-order valence-electron chi connectivity index (χ2n) is 4.67. The number of hydrogen-bond acceptors (Lipinski definition) is 5. The predicted molar refractivity (Wildman–Crippen MR) is 73.8 cm³/mol. The predicted octanol–water partition coefficient (Wildman–Crippen LogP) is 3.41. The van der Waals surface area contributed by atoms with Crippen molar-refractivity contribution in [2.24, 2.45) is 0 Å². The quantitative estimate of drug-likeness (QED) is 0.480. The van der Waals surface area contributed by atoms with Crippen LogP contribution in [-0.4, -0.2) is 15.9 Å². The molecular weight excluding hydrogens is 282 g/mol. The van der Waals surface area contributed by atoms with Crippen molar-refractivity contribution in [1.29, 1.82) is 0 Å². The summed E-state index contributed by atoms with van der Waals surface area (Å²) in [6.07, 6.45) is 3.57. The van der Waals surface area contributed by atoms with Crippen LogP contribution in [0.4, 0.5) is 11.5 Å². The van der Waals surface area contributed by atoms with E-state index in [1.807, 2.05) is 11.0 Å². The average molecular weight is 294 g/mol. The van der Waals surface area contributed by atoms with Crippen LogP contribution in [0.2, 0.25) is 5.15 Å². The lowest BCUT2D eigenvalue weighted by atomic mass is 10.3. The number of anilines is 1. The third-order valence-corrected chi connectivity index (χ3v) is 3.39. The molecule has 0 radical (unpaired) electrons. The van der Waals surface area contributed by atoms with Crippen LogP contribution in [0, 0.1) is 10.1 Å². The van der Waals surface area contributed by atoms with Crippen molar-refractivity contribution < 1.29 is 9.34 Å². The third kappa shape index (κ3) is 2.60. The van der Waals surface area contributed by atoms with Crippen LogP contribution >= 0.6 is 11.6 Å². The second-order valence-corrected chi connectivity index (χ2v) is 5.06. The van der Waals surface area contributed by atoms with Gasteiger partial charge in [-0.2, -0.15) is 0 Å². The van der Waals surface area contributed by atoms with Crippen molar-refractivity contribution in [2.45, 2.75) is 25.4 Å². The van der Waals surface area contributed by atoms with Crippen molar-refractivity contribution in [3.63, 3.8) is 0 Å². The van der Waals surface area contributed by atoms with Crippen LogP contribution in [0.15, 0.2) is 34.9 Å². The lowest BCUT2D eigenvalue weighted by Gasteiger charge is -2.22. The molecule has 1 saturated carbocycles. The minimum absolute atomic E-state index is 0.0344. The Kier molecular flexibility index (Phi) is 3.31. The van der Waals surface area contributed by atoms with Gasteiger partial charge in [0.1, 0.15) is 10.9 Å². The molecule has 7 heteroatoms. The first-order valence-corrected chi connectivity index (χ1v) is 6.63. The highest BCUT2D eigenvalue weighted by atomic mass is 35.5. The van der Waals surface area contributed by atoms with Gasteiger partial charge in [-0.1, -0.05) is 11.6 Å². The maximum Gasteiger partial charge on any atom is 0.311 e. The molecule has 0 aliphatic heterocycles. The molecule has 1 aliphatic carbocycles. The number of hydrogen-bond donors (Lipinski definition) is 0. The van der Waals surface area contributed by atoms with E-state index >= 15 is 0 Å². The third-order valence-electron chi connectivity index (χ3n) is 3.18. The van der Waals surface area contributed by atoms with Crippen LogP contribution < -0.4 is 4.90 Å². The lowest BCUT2D eigenvalue weighted by Crippen LogP contribution is -2.26. The van der Waals surface area contributed by atoms with Gasteiger partial charge in [-0.05, 0) is 31.0 Å². The van der Waals surface area contributed by atoms with Gasteiger partial charge in [-0.25, -0.2) is 4.98 Å². The molecule has 0 saturated heterocycles. The van der Waals surface area contributed by atoms with Crippen molar-refractivity contribution >= 4 is 23.1 Å². The van der Waals surface area contributed by atoms with Gasteiger partial charge in [0.25, 0.3) is 0 Å². The minimum atomic E-state index is -0.434. The fourth-order valence-corrected chi connectivity index (χ4v) is 2.25. The molecule has 0 unspecified atom stereocenters. The average Bonchev–Trinajstić information content (AvgIpc) is 3.12. The first-order valence-electron chi connectivity index (χ1n) is 6.25. The van der Waals surface area contributed by atoms with E-state index in [9.17, 15) is 10.1 Å². The van der Waals surface area contributed by atoms with E-state index < -0.39 is 4.92 Å². The first-order chi connectivity index (χ1) is 9.65. The maximum absolute atomic E-state index is 11.2. The molecule has 1 aliphatic rings. The Morgan fingerprint density at radius 2 is 2.25 bits per heavy atom. The molecule has 0 N–H and O–H groups in total. The summed E-state index contributed by atoms with van der Waals surface area (Å²) in [4.78, 5) is 16.8. The van der Waals surface area contributed by atoms with Crippen molar-refractivity contribution in [3.8, 4) is 0 Å². The van der Waals surface area contributed by atoms with Crippen molar-refractivity contribution in [1.82, 2.24) is 4.98 Å². The van der Waals surface area contributed by atoms with Gasteiger partial charge < -0.3 is 9.32 Å². The number of halogens is 1. The van der Waals surface area contributed by atoms with E-state index in [4.69, 9.17) is 16.0 Å². The molecule has 0 amide bonds. The zero-order chi connectivity index (χ0) is 14.1. The standard InChI is InChI=1S/C13H12ClN3O3/c14-12-6-5-11(17(18)19)13(15-12)16(9-3-4-9)8-10-2-1-7-20-10/h1-2,5-7,9H,3-4,8H2. The number of rotatable bonds is 5. The Labute approximate surface area is 120 Å². The van der Waals surface area contributed by atoms with Gasteiger partial charge in [0.05, 0.1) is 17.7 Å². The Balaban J connectivity index is 1.98. The molecule has 104 valence electrons. The summed E-state index contributed by atoms with van der Waals surface area (Å²) in [5.41, 5.74) is -0.0344. The lowest BCUT2D eigenvalue weighted by molar-refractivity contribution is -0.384. The Morgan fingerprint density at radius 1 is 1.45 bits per heavy atom. The van der Waals surface area contributed by atoms with E-state index in [0.29, 0.717) is 12.4 Å². The summed E-state index contributed by atoms with van der Waals surface area (Å²) in [6, 6.07) is 6.71. The number of nitrogens with zero attached hydrogens (tertiary/aromatic N) is 3. The summed E-state index contributed by atoms with van der Waals surface area (Å²) in [5.74, 6) is 1.05. The van der Waals surface area contributed by atoms with Crippen LogP contribution in [0.1, 0.15) is 18.6 Å². The highest BCUT2D eigenvalue weighted by molar-refractivity contribution is 6.29. The fraction of sp³-hybridized carbons (Fsp3) is 0.308. The molecule has 0 aromatic carbocycles. The van der Waals surface area contributed by atoms with E-state index in [0.717, 1.165) is 18.6 Å². The van der Waals surface area contributed by atoms with Crippen LogP contribution in [0.5, 0.6) is 0 Å². The Hall–Kier alpha value is -2.08. The zero-order valence-electron chi connectivity index (χ0n) is 10.5. The summed E-state index contributed by atoms with van der Waals surface area (Å²) >= 11 is 5.89. The molecule has 2 aromatic heterocycles. The molecular formula is C13H12ClN3O3. The van der Waals surface area contributed by atoms with Gasteiger partial charge in [0.15, 0.2) is 0 Å². The highest BCUT2D eigenvalue weighted by Crippen LogP contribution is 2.37. The van der Waals surface area contributed by atoms with Gasteiger partial charge in [0.2, 0.25) is 5.82 Å². The number of nitro groups is 1. The van der Waals surface area contributed by atoms with Crippen molar-refractivity contribution in [2.75, 3.05) is 4.90 Å². The zero-order valence-corrected chi connectivity index (χ0v) is 11.3. The SMILES string of the molecule is O=[N+]([O-])c1ccc(Cl)nc1N(Cc1ccco1)C1CC1. The second kappa shape index (κ2) is 5.13. The van der Waals surface area contributed by atoms with E-state index in [-0.39, 0.29) is 16.9 Å². The van der Waals surface area contributed by atoms with Crippen LogP contribution in [0.25, 0.3) is 0 Å². The number of furan rings is 1. The molecule has 1 fully saturated rings. The topological polar surface area (TPSA) is 72.4 Å². The van der Waals surface area contributed by atoms with Crippen LogP contribution in [0.3, 0.4) is 0 Å². The summed E-state index contributed by atoms with van der Waals surface area (Å²) in [7, 11) is 0. The van der Waals surface area contributed by atoms with Gasteiger partial charge >= 0.3 is 5.69 Å². The molecule has 6 nitrogen and oxygen atoms in total. The highest BCUT2D eigenvalue weighted by Gasteiger charge is 2.34. The normalized spacial score (nSPS) is 14.2. The number of pyridine rings is 1. The minimum Gasteiger partial charge on any atom is -0.467 e. The molecule has 2 aromatic rings. The Bertz CT molecular complexity index is 626. The van der Waals surface area contributed by atoms with Crippen molar-refractivity contribution in [3.05, 3.63) is 51.6 Å². The number of aromatic nitrogens is 1. The summed E-state index contributed by atoms with van der Waals surface area (Å²) in [6.45, 7) is 0.450. The molecule has 0 atom stereocenters. The molecule has 20 heavy (non-hydrogen) atoms. The monoisotopic (exact) mass is 293 g/mol. The van der Waals surface area contributed by atoms with E-state index in [1.165, 1.54) is 12.1 Å². The molecule has 0 spiro atoms. The van der Waals surface area contributed by atoms with Gasteiger partial charge in [0, 0.05) is 12.1 Å². The van der Waals surface area contributed by atoms with Gasteiger partial charge in [-0.3, -0.25) is 10.1 Å². The summed E-state index contributed by atoms with van der Waals surface area (Å²) in [5, 5.41) is 11.4. The van der Waals surface area contributed by atoms with E-state index in [1.54, 1.807) is 12.3 Å². The molecule has 2 heterocycles. The van der Waals surface area contributed by atoms with Gasteiger partial charge in [-0.15, -0.1) is 0 Å². The largest absolute Gasteiger partial charge is 0.467 e. The summed E-state index contributed by atoms with van der Waals surface area (Å²) < 4.78 is 5.32. The Morgan fingerprint density at radius 3 is 2.85 bits per heavy atom. The fourth-order valence-electron chi connectivity index (χ4n) is 2.11. The maximum atomic E-state index is 11.2. The van der Waals surface area contributed by atoms with Crippen LogP contribution in [-0.2, 0) is 6.54 Å². The smallest absolute Gasteiger partial charge is 0.311 e. The van der Waals surface area contributed by atoms with E-state index in [2.05, 4.69) is 4.98 Å². The first kappa shape index (κ1) is 12.9. The molecule has 0 bridgehead atoms.